The topological polar surface area (TPSA) is 44.8 Å². The van der Waals surface area contributed by atoms with Crippen LogP contribution in [-0.4, -0.2) is 18.2 Å². The first-order valence-corrected chi connectivity index (χ1v) is 9.43. The summed E-state index contributed by atoms with van der Waals surface area (Å²) in [5.74, 6) is 1.25. The van der Waals surface area contributed by atoms with Gasteiger partial charge in [-0.3, -0.25) is 4.79 Å². The molecule has 0 radical (unpaired) electrons. The minimum absolute atomic E-state index is 0.195. The molecule has 146 valence electrons. The fourth-order valence-corrected chi connectivity index (χ4v) is 2.63. The van der Waals surface area contributed by atoms with E-state index in [-0.39, 0.29) is 24.1 Å². The molecule has 4 heteroatoms. The number of hydrogen-bond donors (Lipinski definition) is 0. The molecule has 0 aromatic heterocycles. The molecule has 0 aliphatic carbocycles. The zero-order chi connectivity index (χ0) is 19.9. The van der Waals surface area contributed by atoms with Gasteiger partial charge in [-0.1, -0.05) is 31.2 Å². The fraction of sp³-hybridized carbons (Fsp3) is 0.435. The predicted octanol–water partition coefficient (Wildman–Crippen LogP) is 5.18. The van der Waals surface area contributed by atoms with E-state index in [2.05, 4.69) is 0 Å². The molecule has 2 rings (SSSR count). The second-order valence-electron chi connectivity index (χ2n) is 7.65. The minimum Gasteiger partial charge on any atom is -0.494 e. The van der Waals surface area contributed by atoms with E-state index in [9.17, 15) is 4.79 Å². The van der Waals surface area contributed by atoms with E-state index < -0.39 is 0 Å². The van der Waals surface area contributed by atoms with Gasteiger partial charge in [-0.05, 0) is 69.5 Å². The van der Waals surface area contributed by atoms with Gasteiger partial charge in [0.1, 0.15) is 23.7 Å². The summed E-state index contributed by atoms with van der Waals surface area (Å²) in [5.41, 5.74) is 1.81. The van der Waals surface area contributed by atoms with Crippen molar-refractivity contribution < 1.29 is 19.0 Å². The van der Waals surface area contributed by atoms with Crippen LogP contribution in [0.25, 0.3) is 0 Å². The standard InChI is InChI=1S/C23H30O4/c1-6-25-20-11-9-19(10-12-20)16-26-22(24)17(2)15-18-7-13-21(14-8-18)27-23(3,4)5/h7-14,17H,6,15-16H2,1-5H3/t17-/m0/s1. The van der Waals surface area contributed by atoms with Crippen molar-refractivity contribution in [2.75, 3.05) is 6.61 Å². The first-order valence-electron chi connectivity index (χ1n) is 9.43. The second-order valence-corrected chi connectivity index (χ2v) is 7.65. The van der Waals surface area contributed by atoms with Crippen molar-refractivity contribution in [2.24, 2.45) is 5.92 Å². The van der Waals surface area contributed by atoms with E-state index >= 15 is 0 Å². The molecule has 0 bridgehead atoms. The summed E-state index contributed by atoms with van der Waals surface area (Å²) < 4.78 is 16.7. The molecule has 4 nitrogen and oxygen atoms in total. The minimum atomic E-state index is -0.223. The van der Waals surface area contributed by atoms with Crippen molar-refractivity contribution in [3.8, 4) is 11.5 Å². The molecule has 27 heavy (non-hydrogen) atoms. The molecule has 0 saturated heterocycles. The van der Waals surface area contributed by atoms with Gasteiger partial charge in [0, 0.05) is 0 Å². The molecule has 2 aromatic carbocycles. The SMILES string of the molecule is CCOc1ccc(COC(=O)[C@@H](C)Cc2ccc(OC(C)(C)C)cc2)cc1. The van der Waals surface area contributed by atoms with E-state index in [1.165, 1.54) is 0 Å². The number of esters is 1. The third-order valence-electron chi connectivity index (χ3n) is 3.91. The average Bonchev–Trinajstić information content (AvgIpc) is 2.61. The molecule has 1 atom stereocenters. The van der Waals surface area contributed by atoms with Crippen LogP contribution in [0.3, 0.4) is 0 Å². The van der Waals surface area contributed by atoms with Crippen LogP contribution in [-0.2, 0) is 22.6 Å². The van der Waals surface area contributed by atoms with E-state index in [0.717, 1.165) is 22.6 Å². The van der Waals surface area contributed by atoms with Crippen LogP contribution in [0, 0.1) is 5.92 Å². The Morgan fingerprint density at radius 2 is 1.48 bits per heavy atom. The van der Waals surface area contributed by atoms with E-state index in [1.54, 1.807) is 0 Å². The van der Waals surface area contributed by atoms with Crippen molar-refractivity contribution in [1.82, 2.24) is 0 Å². The molecule has 2 aromatic rings. The van der Waals surface area contributed by atoms with Crippen molar-refractivity contribution >= 4 is 5.97 Å². The van der Waals surface area contributed by atoms with Crippen LogP contribution in [0.1, 0.15) is 45.7 Å². The fourth-order valence-electron chi connectivity index (χ4n) is 2.63. The van der Waals surface area contributed by atoms with Gasteiger partial charge in [0.05, 0.1) is 12.5 Å². The van der Waals surface area contributed by atoms with Crippen molar-refractivity contribution in [2.45, 2.75) is 53.2 Å². The number of ether oxygens (including phenoxy) is 3. The lowest BCUT2D eigenvalue weighted by molar-refractivity contribution is -0.149. The number of rotatable bonds is 8. The Balaban J connectivity index is 1.82. The molecule has 0 N–H and O–H groups in total. The Labute approximate surface area is 162 Å². The smallest absolute Gasteiger partial charge is 0.309 e. The summed E-state index contributed by atoms with van der Waals surface area (Å²) in [6.07, 6.45) is 0.637. The van der Waals surface area contributed by atoms with Gasteiger partial charge in [-0.2, -0.15) is 0 Å². The lowest BCUT2D eigenvalue weighted by atomic mass is 10.0. The van der Waals surface area contributed by atoms with Crippen molar-refractivity contribution in [3.05, 3.63) is 59.7 Å². The predicted molar refractivity (Wildman–Crippen MR) is 107 cm³/mol. The highest BCUT2D eigenvalue weighted by Gasteiger charge is 2.16. The summed E-state index contributed by atoms with van der Waals surface area (Å²) in [4.78, 5) is 12.3. The third-order valence-corrected chi connectivity index (χ3v) is 3.91. The molecule has 0 aliphatic heterocycles. The Kier molecular flexibility index (Phi) is 7.28. The van der Waals surface area contributed by atoms with Gasteiger partial charge < -0.3 is 14.2 Å². The molecular weight excluding hydrogens is 340 g/mol. The number of carbonyl (C=O) groups excluding carboxylic acids is 1. The zero-order valence-electron chi connectivity index (χ0n) is 17.0. The Hall–Kier alpha value is -2.49. The molecule has 0 aliphatic rings. The third kappa shape index (κ3) is 7.33. The van der Waals surface area contributed by atoms with E-state index in [1.807, 2.05) is 83.1 Å². The maximum Gasteiger partial charge on any atom is 0.309 e. The van der Waals surface area contributed by atoms with Crippen LogP contribution in [0.15, 0.2) is 48.5 Å². The highest BCUT2D eigenvalue weighted by atomic mass is 16.5. The van der Waals surface area contributed by atoms with Crippen molar-refractivity contribution in [1.29, 1.82) is 0 Å². The molecule has 0 amide bonds. The number of carbonyl (C=O) groups is 1. The van der Waals surface area contributed by atoms with Crippen LogP contribution < -0.4 is 9.47 Å². The van der Waals surface area contributed by atoms with Gasteiger partial charge >= 0.3 is 5.97 Å². The normalized spacial score (nSPS) is 12.3. The monoisotopic (exact) mass is 370 g/mol. The Morgan fingerprint density at radius 3 is 2.04 bits per heavy atom. The van der Waals surface area contributed by atoms with Gasteiger partial charge in [0.25, 0.3) is 0 Å². The summed E-state index contributed by atoms with van der Waals surface area (Å²) >= 11 is 0. The van der Waals surface area contributed by atoms with Gasteiger partial charge in [-0.15, -0.1) is 0 Å². The number of benzene rings is 2. The summed E-state index contributed by atoms with van der Waals surface area (Å²) in [7, 11) is 0. The lowest BCUT2D eigenvalue weighted by Crippen LogP contribution is -2.22. The maximum absolute atomic E-state index is 12.3. The summed E-state index contributed by atoms with van der Waals surface area (Å²) in [6.45, 7) is 10.8. The van der Waals surface area contributed by atoms with Crippen LogP contribution in [0.2, 0.25) is 0 Å². The lowest BCUT2D eigenvalue weighted by Gasteiger charge is -2.21. The summed E-state index contributed by atoms with van der Waals surface area (Å²) in [6, 6.07) is 15.5. The highest BCUT2D eigenvalue weighted by Crippen LogP contribution is 2.20. The second kappa shape index (κ2) is 9.45. The first-order chi connectivity index (χ1) is 12.8. The van der Waals surface area contributed by atoms with Gasteiger partial charge in [0.15, 0.2) is 0 Å². The largest absolute Gasteiger partial charge is 0.494 e. The van der Waals surface area contributed by atoms with Gasteiger partial charge in [0.2, 0.25) is 0 Å². The van der Waals surface area contributed by atoms with E-state index in [4.69, 9.17) is 14.2 Å². The summed E-state index contributed by atoms with van der Waals surface area (Å²) in [5, 5.41) is 0. The number of hydrogen-bond acceptors (Lipinski definition) is 4. The van der Waals surface area contributed by atoms with E-state index in [0.29, 0.717) is 13.0 Å². The van der Waals surface area contributed by atoms with Crippen LogP contribution in [0.5, 0.6) is 11.5 Å². The quantitative estimate of drug-likeness (QED) is 0.600. The zero-order valence-corrected chi connectivity index (χ0v) is 17.0. The first kappa shape index (κ1) is 20.8. The van der Waals surface area contributed by atoms with Gasteiger partial charge in [-0.25, -0.2) is 0 Å². The average molecular weight is 370 g/mol. The Morgan fingerprint density at radius 1 is 0.926 bits per heavy atom. The molecule has 0 saturated carbocycles. The van der Waals surface area contributed by atoms with Crippen molar-refractivity contribution in [3.63, 3.8) is 0 Å². The highest BCUT2D eigenvalue weighted by molar-refractivity contribution is 5.72. The molecule has 0 unspecified atom stereocenters. The van der Waals surface area contributed by atoms with Crippen LogP contribution >= 0.6 is 0 Å². The maximum atomic E-state index is 12.3. The Bertz CT molecular complexity index is 712. The molecule has 0 heterocycles. The molecular formula is C23H30O4. The molecule has 0 spiro atoms. The molecule has 0 fully saturated rings. The van der Waals surface area contributed by atoms with Crippen LogP contribution in [0.4, 0.5) is 0 Å².